The van der Waals surface area contributed by atoms with Crippen LogP contribution in [0.25, 0.3) is 78.4 Å². The maximum atomic E-state index is 15.2. The quantitative estimate of drug-likeness (QED) is 0.177. The molecule has 0 bridgehead atoms. The maximum absolute atomic E-state index is 15.2. The van der Waals surface area contributed by atoms with Crippen LogP contribution in [-0.2, 0) is 15.3 Å². The van der Waals surface area contributed by atoms with Crippen LogP contribution in [0.1, 0.15) is 27.8 Å². The van der Waals surface area contributed by atoms with Crippen molar-refractivity contribution in [2.24, 2.45) is 0 Å². The molecule has 1 aliphatic heterocycles. The summed E-state index contributed by atoms with van der Waals surface area (Å²) >= 11 is 0. The molecule has 3 heterocycles. The first-order valence-corrected chi connectivity index (χ1v) is 21.4. The van der Waals surface area contributed by atoms with Gasteiger partial charge in [0.15, 0.2) is 17.5 Å². The van der Waals surface area contributed by atoms with Gasteiger partial charge < -0.3 is 4.42 Å². The Morgan fingerprint density at radius 3 is 1.78 bits per heavy atom. The minimum Gasteiger partial charge on any atom is -0.456 e. The fraction of sp³-hybridized carbons (Fsp3) is 0.0377. The van der Waals surface area contributed by atoms with E-state index in [2.05, 4.69) is 85.8 Å². The summed E-state index contributed by atoms with van der Waals surface area (Å²) < 4.78 is 36.9. The van der Waals surface area contributed by atoms with E-state index in [1.54, 1.807) is 6.07 Å². The maximum Gasteiger partial charge on any atom is 0.207 e. The first kappa shape index (κ1) is 34.6. The van der Waals surface area contributed by atoms with E-state index >= 15 is 8.42 Å². The zero-order valence-electron chi connectivity index (χ0n) is 32.3. The van der Waals surface area contributed by atoms with E-state index in [4.69, 9.17) is 19.4 Å². The highest BCUT2D eigenvalue weighted by Gasteiger charge is 2.52. The SMILES string of the molecule is Cc1cccc(-c2nc(-c3ccccc3)nc(-c3ccc4c(c3)C3(c5ccccc5-c5ccccc5-4)c4ccccc4S(=O)(=O)c4cc5c(cc43)oc3ccccc35)n2)c1. The molecule has 10 aromatic rings. The van der Waals surface area contributed by atoms with Gasteiger partial charge in [-0.3, -0.25) is 0 Å². The minimum absolute atomic E-state index is 0.255. The molecular weight excluding hydrogens is 759 g/mol. The fourth-order valence-corrected chi connectivity index (χ4v) is 11.4. The van der Waals surface area contributed by atoms with Crippen LogP contribution in [0, 0.1) is 6.92 Å². The molecule has 0 amide bonds. The zero-order chi connectivity index (χ0) is 40.2. The Bertz CT molecular complexity index is 3540. The van der Waals surface area contributed by atoms with Crippen molar-refractivity contribution in [2.45, 2.75) is 22.1 Å². The summed E-state index contributed by atoms with van der Waals surface area (Å²) in [5, 5.41) is 1.62. The summed E-state index contributed by atoms with van der Waals surface area (Å²) in [4.78, 5) is 15.9. The Morgan fingerprint density at radius 2 is 1.02 bits per heavy atom. The molecule has 6 nitrogen and oxygen atoms in total. The second-order valence-electron chi connectivity index (χ2n) is 15.6. The number of furan rings is 1. The van der Waals surface area contributed by atoms with E-state index < -0.39 is 15.3 Å². The monoisotopic (exact) mass is 791 g/mol. The molecule has 0 fully saturated rings. The largest absolute Gasteiger partial charge is 0.456 e. The lowest BCUT2D eigenvalue weighted by Gasteiger charge is -2.42. The van der Waals surface area contributed by atoms with Gasteiger partial charge in [0.1, 0.15) is 11.2 Å². The van der Waals surface area contributed by atoms with Crippen LogP contribution in [0.15, 0.2) is 196 Å². The van der Waals surface area contributed by atoms with Crippen molar-refractivity contribution in [1.29, 1.82) is 0 Å². The van der Waals surface area contributed by atoms with Gasteiger partial charge in [0.05, 0.1) is 15.2 Å². The first-order chi connectivity index (χ1) is 29.4. The molecule has 0 saturated heterocycles. The highest BCUT2D eigenvalue weighted by molar-refractivity contribution is 7.91. The van der Waals surface area contributed by atoms with Crippen LogP contribution in [-0.4, -0.2) is 23.4 Å². The minimum atomic E-state index is -4.01. The van der Waals surface area contributed by atoms with Crippen molar-refractivity contribution in [3.8, 4) is 56.4 Å². The van der Waals surface area contributed by atoms with Gasteiger partial charge in [0.2, 0.25) is 9.84 Å². The predicted molar refractivity (Wildman–Crippen MR) is 236 cm³/mol. The van der Waals surface area contributed by atoms with Crippen LogP contribution >= 0.6 is 0 Å². The van der Waals surface area contributed by atoms with Crippen molar-refractivity contribution in [1.82, 2.24) is 15.0 Å². The standard InChI is InChI=1S/C53H33N3O3S/c1-32-14-13-17-34(28-32)51-54-50(33-15-3-2-4-16-33)55-52(56-51)35-26-27-39-37-19-6-5-18-36(37)38-20-7-9-22-42(38)53(44(39)29-35)43-23-10-12-25-48(43)60(57,58)49-30-41-40-21-8-11-24-46(40)59-47(41)31-45(49)53/h2-31H,1H3. The molecule has 60 heavy (non-hydrogen) atoms. The topological polar surface area (TPSA) is 86.0 Å². The average molecular weight is 792 g/mol. The van der Waals surface area contributed by atoms with Gasteiger partial charge in [-0.15, -0.1) is 0 Å². The number of para-hydroxylation sites is 1. The second kappa shape index (κ2) is 12.8. The lowest BCUT2D eigenvalue weighted by atomic mass is 9.63. The van der Waals surface area contributed by atoms with Gasteiger partial charge in [0.25, 0.3) is 0 Å². The van der Waals surface area contributed by atoms with E-state index in [1.165, 1.54) is 0 Å². The molecule has 0 N–H and O–H groups in total. The number of nitrogens with zero attached hydrogens (tertiary/aromatic N) is 3. The Hall–Kier alpha value is -7.48. The van der Waals surface area contributed by atoms with Crippen LogP contribution in [0.5, 0.6) is 0 Å². The molecule has 2 aromatic heterocycles. The van der Waals surface area contributed by atoms with Crippen LogP contribution in [0.3, 0.4) is 0 Å². The normalized spacial score (nSPS) is 15.8. The number of hydrogen-bond acceptors (Lipinski definition) is 6. The number of rotatable bonds is 3. The lowest BCUT2D eigenvalue weighted by molar-refractivity contribution is 0.579. The van der Waals surface area contributed by atoms with Gasteiger partial charge in [0, 0.05) is 27.5 Å². The molecule has 0 saturated carbocycles. The molecule has 284 valence electrons. The third kappa shape index (κ3) is 4.87. The number of benzene rings is 8. The van der Waals surface area contributed by atoms with E-state index in [0.29, 0.717) is 39.8 Å². The second-order valence-corrected chi connectivity index (χ2v) is 17.5. The highest BCUT2D eigenvalue weighted by Crippen LogP contribution is 2.60. The van der Waals surface area contributed by atoms with Gasteiger partial charge in [-0.05, 0) is 87.8 Å². The molecule has 1 unspecified atom stereocenters. The summed E-state index contributed by atoms with van der Waals surface area (Å²) in [5.41, 5.74) is 11.1. The molecule has 1 aliphatic carbocycles. The Labute approximate surface area is 346 Å². The Balaban J connectivity index is 1.24. The number of fused-ring (bicyclic) bond motifs is 14. The van der Waals surface area contributed by atoms with Gasteiger partial charge in [-0.25, -0.2) is 23.4 Å². The third-order valence-corrected chi connectivity index (χ3v) is 14.1. The lowest BCUT2D eigenvalue weighted by Crippen LogP contribution is -2.38. The van der Waals surface area contributed by atoms with E-state index in [0.717, 1.165) is 66.4 Å². The molecule has 2 aliphatic rings. The van der Waals surface area contributed by atoms with Crippen LogP contribution in [0.4, 0.5) is 0 Å². The van der Waals surface area contributed by atoms with E-state index in [1.807, 2.05) is 97.1 Å². The van der Waals surface area contributed by atoms with Crippen molar-refractivity contribution >= 4 is 31.8 Å². The van der Waals surface area contributed by atoms with Crippen molar-refractivity contribution in [2.75, 3.05) is 0 Å². The molecule has 8 aromatic carbocycles. The van der Waals surface area contributed by atoms with Crippen molar-refractivity contribution < 1.29 is 12.8 Å². The van der Waals surface area contributed by atoms with E-state index in [-0.39, 0.29) is 9.79 Å². The molecule has 12 rings (SSSR count). The van der Waals surface area contributed by atoms with Gasteiger partial charge in [-0.1, -0.05) is 151 Å². The van der Waals surface area contributed by atoms with Crippen molar-refractivity contribution in [3.63, 3.8) is 0 Å². The fourth-order valence-electron chi connectivity index (χ4n) is 9.63. The Kier molecular flexibility index (Phi) is 7.35. The molecular formula is C53H33N3O3S. The molecule has 0 radical (unpaired) electrons. The van der Waals surface area contributed by atoms with Gasteiger partial charge in [-0.2, -0.15) is 0 Å². The number of sulfone groups is 1. The molecule has 7 heteroatoms. The predicted octanol–water partition coefficient (Wildman–Crippen LogP) is 12.3. The number of aryl methyl sites for hydroxylation is 1. The third-order valence-electron chi connectivity index (χ3n) is 12.2. The van der Waals surface area contributed by atoms with Crippen molar-refractivity contribution in [3.05, 3.63) is 210 Å². The van der Waals surface area contributed by atoms with Crippen LogP contribution in [0.2, 0.25) is 0 Å². The number of hydrogen-bond donors (Lipinski definition) is 0. The first-order valence-electron chi connectivity index (χ1n) is 19.9. The van der Waals surface area contributed by atoms with E-state index in [9.17, 15) is 0 Å². The summed E-state index contributed by atoms with van der Waals surface area (Å²) in [6.07, 6.45) is 0. The highest BCUT2D eigenvalue weighted by atomic mass is 32.2. The molecule has 1 spiro atoms. The van der Waals surface area contributed by atoms with Gasteiger partial charge >= 0.3 is 0 Å². The zero-order valence-corrected chi connectivity index (χ0v) is 33.1. The molecule has 1 atom stereocenters. The number of aromatic nitrogens is 3. The summed E-state index contributed by atoms with van der Waals surface area (Å²) in [5.74, 6) is 1.63. The Morgan fingerprint density at radius 1 is 0.417 bits per heavy atom. The summed E-state index contributed by atoms with van der Waals surface area (Å²) in [6.45, 7) is 2.06. The smallest absolute Gasteiger partial charge is 0.207 e. The summed E-state index contributed by atoms with van der Waals surface area (Å²) in [6, 6.07) is 60.5. The van der Waals surface area contributed by atoms with Crippen LogP contribution < -0.4 is 0 Å². The average Bonchev–Trinajstić information content (AvgIpc) is 3.62. The summed E-state index contributed by atoms with van der Waals surface area (Å²) in [7, 11) is -4.01.